The number of imidazole rings is 1. The SMILES string of the molecule is COC(=O)C(CC(C)C)n1c(CCl)nc2ccc(F)cc21. The van der Waals surface area contributed by atoms with Crippen molar-refractivity contribution in [2.24, 2.45) is 5.92 Å². The fraction of sp³-hybridized carbons (Fsp3) is 0.467. The standard InChI is InChI=1S/C15H18ClFN2O2/c1-9(2)6-13(15(20)21-3)19-12-7-10(17)4-5-11(12)18-14(19)8-16/h4-5,7,9,13H,6,8H2,1-3H3. The molecule has 0 fully saturated rings. The summed E-state index contributed by atoms with van der Waals surface area (Å²) in [7, 11) is 1.34. The predicted molar refractivity (Wildman–Crippen MR) is 79.8 cm³/mol. The number of carbonyl (C=O) groups excluding carboxylic acids is 1. The first kappa shape index (κ1) is 15.8. The third kappa shape index (κ3) is 3.18. The Kier molecular flexibility index (Phi) is 4.83. The van der Waals surface area contributed by atoms with Gasteiger partial charge < -0.3 is 9.30 Å². The average molecular weight is 313 g/mol. The first-order chi connectivity index (χ1) is 9.97. The van der Waals surface area contributed by atoms with Crippen LogP contribution in [0.4, 0.5) is 4.39 Å². The smallest absolute Gasteiger partial charge is 0.328 e. The molecule has 4 nitrogen and oxygen atoms in total. The number of carbonyl (C=O) groups is 1. The van der Waals surface area contributed by atoms with Crippen LogP contribution in [0.25, 0.3) is 11.0 Å². The molecule has 1 aromatic heterocycles. The highest BCUT2D eigenvalue weighted by Crippen LogP contribution is 2.28. The summed E-state index contributed by atoms with van der Waals surface area (Å²) in [6, 6.07) is 3.73. The molecule has 6 heteroatoms. The van der Waals surface area contributed by atoms with Crippen LogP contribution in [0.1, 0.15) is 32.1 Å². The molecule has 1 atom stereocenters. The largest absolute Gasteiger partial charge is 0.467 e. The number of hydrogen-bond acceptors (Lipinski definition) is 3. The van der Waals surface area contributed by atoms with Crippen molar-refractivity contribution in [3.8, 4) is 0 Å². The maximum Gasteiger partial charge on any atom is 0.328 e. The number of esters is 1. The molecule has 0 saturated carbocycles. The number of fused-ring (bicyclic) bond motifs is 1. The van der Waals surface area contributed by atoms with Crippen molar-refractivity contribution in [2.45, 2.75) is 32.2 Å². The molecule has 2 aromatic rings. The van der Waals surface area contributed by atoms with Crippen LogP contribution in [0.3, 0.4) is 0 Å². The minimum absolute atomic E-state index is 0.141. The highest BCUT2D eigenvalue weighted by Gasteiger charge is 2.27. The van der Waals surface area contributed by atoms with Gasteiger partial charge in [-0.1, -0.05) is 13.8 Å². The Balaban J connectivity index is 2.64. The van der Waals surface area contributed by atoms with Gasteiger partial charge in [-0.3, -0.25) is 0 Å². The lowest BCUT2D eigenvalue weighted by atomic mass is 10.0. The molecule has 0 spiro atoms. The quantitative estimate of drug-likeness (QED) is 0.625. The molecule has 1 aromatic carbocycles. The summed E-state index contributed by atoms with van der Waals surface area (Å²) in [6.07, 6.45) is 0.568. The number of halogens is 2. The van der Waals surface area contributed by atoms with Gasteiger partial charge >= 0.3 is 5.97 Å². The Labute approximate surface area is 127 Å². The van der Waals surface area contributed by atoms with Gasteiger partial charge in [-0.15, -0.1) is 11.6 Å². The van der Waals surface area contributed by atoms with Gasteiger partial charge in [-0.05, 0) is 30.5 Å². The molecule has 0 aliphatic heterocycles. The zero-order valence-electron chi connectivity index (χ0n) is 12.3. The van der Waals surface area contributed by atoms with Crippen molar-refractivity contribution in [1.82, 2.24) is 9.55 Å². The molecule has 114 valence electrons. The van der Waals surface area contributed by atoms with Gasteiger partial charge in [-0.2, -0.15) is 0 Å². The fourth-order valence-corrected chi connectivity index (χ4v) is 2.64. The van der Waals surface area contributed by atoms with Crippen LogP contribution in [-0.4, -0.2) is 22.6 Å². The Hall–Kier alpha value is -1.62. The molecule has 0 bridgehead atoms. The second-order valence-electron chi connectivity index (χ2n) is 5.33. The predicted octanol–water partition coefficient (Wildman–Crippen LogP) is 3.67. The van der Waals surface area contributed by atoms with Gasteiger partial charge in [0.1, 0.15) is 17.7 Å². The number of alkyl halides is 1. The highest BCUT2D eigenvalue weighted by atomic mass is 35.5. The number of hydrogen-bond donors (Lipinski definition) is 0. The van der Waals surface area contributed by atoms with Gasteiger partial charge in [0.25, 0.3) is 0 Å². The average Bonchev–Trinajstić information content (AvgIpc) is 2.81. The van der Waals surface area contributed by atoms with Crippen LogP contribution in [0.5, 0.6) is 0 Å². The van der Waals surface area contributed by atoms with E-state index in [1.165, 1.54) is 19.2 Å². The maximum absolute atomic E-state index is 13.5. The summed E-state index contributed by atoms with van der Waals surface area (Å²) in [5.41, 5.74) is 1.17. The van der Waals surface area contributed by atoms with E-state index >= 15 is 0 Å². The van der Waals surface area contributed by atoms with Crippen LogP contribution in [0.15, 0.2) is 18.2 Å². The van der Waals surface area contributed by atoms with Gasteiger partial charge in [0.05, 0.1) is 24.0 Å². The number of nitrogens with zero attached hydrogens (tertiary/aromatic N) is 2. The van der Waals surface area contributed by atoms with Gasteiger partial charge in [0.2, 0.25) is 0 Å². The zero-order chi connectivity index (χ0) is 15.6. The maximum atomic E-state index is 13.5. The third-order valence-electron chi connectivity index (χ3n) is 3.32. The number of ether oxygens (including phenoxy) is 1. The minimum Gasteiger partial charge on any atom is -0.467 e. The van der Waals surface area contributed by atoms with Crippen molar-refractivity contribution in [3.05, 3.63) is 29.8 Å². The molecule has 0 radical (unpaired) electrons. The summed E-state index contributed by atoms with van der Waals surface area (Å²) in [6.45, 7) is 4.02. The molecular formula is C15H18ClFN2O2. The molecule has 21 heavy (non-hydrogen) atoms. The van der Waals surface area contributed by atoms with Crippen LogP contribution in [0.2, 0.25) is 0 Å². The normalized spacial score (nSPS) is 12.9. The Morgan fingerprint density at radius 1 is 1.48 bits per heavy atom. The molecule has 0 aliphatic carbocycles. The number of aromatic nitrogens is 2. The van der Waals surface area contributed by atoms with Gasteiger partial charge in [-0.25, -0.2) is 14.2 Å². The first-order valence-electron chi connectivity index (χ1n) is 6.78. The Bertz CT molecular complexity index is 654. The summed E-state index contributed by atoms with van der Waals surface area (Å²) in [4.78, 5) is 16.5. The number of rotatable bonds is 5. The van der Waals surface area contributed by atoms with Crippen LogP contribution >= 0.6 is 11.6 Å². The lowest BCUT2D eigenvalue weighted by molar-refractivity contribution is -0.145. The number of benzene rings is 1. The van der Waals surface area contributed by atoms with E-state index in [1.807, 2.05) is 13.8 Å². The van der Waals surface area contributed by atoms with Crippen molar-refractivity contribution in [2.75, 3.05) is 7.11 Å². The molecular weight excluding hydrogens is 295 g/mol. The fourth-order valence-electron chi connectivity index (χ4n) is 2.45. The molecule has 0 N–H and O–H groups in total. The van der Waals surface area contributed by atoms with Gasteiger partial charge in [0.15, 0.2) is 0 Å². The summed E-state index contributed by atoms with van der Waals surface area (Å²) < 4.78 is 20.1. The van der Waals surface area contributed by atoms with E-state index in [4.69, 9.17) is 16.3 Å². The topological polar surface area (TPSA) is 44.1 Å². The summed E-state index contributed by atoms with van der Waals surface area (Å²) in [5.74, 6) is 0.190. The molecule has 0 amide bonds. The van der Waals surface area contributed by atoms with Crippen molar-refractivity contribution < 1.29 is 13.9 Å². The lowest BCUT2D eigenvalue weighted by Crippen LogP contribution is -2.24. The van der Waals surface area contributed by atoms with Crippen molar-refractivity contribution in [1.29, 1.82) is 0 Å². The monoisotopic (exact) mass is 312 g/mol. The Morgan fingerprint density at radius 3 is 2.76 bits per heavy atom. The molecule has 2 rings (SSSR count). The van der Waals surface area contributed by atoms with E-state index in [0.29, 0.717) is 23.3 Å². The first-order valence-corrected chi connectivity index (χ1v) is 7.31. The van der Waals surface area contributed by atoms with E-state index in [0.717, 1.165) is 0 Å². The second-order valence-corrected chi connectivity index (χ2v) is 5.60. The van der Waals surface area contributed by atoms with Crippen LogP contribution in [0, 0.1) is 11.7 Å². The third-order valence-corrected chi connectivity index (χ3v) is 3.56. The highest BCUT2D eigenvalue weighted by molar-refractivity contribution is 6.16. The molecule has 1 unspecified atom stereocenters. The summed E-state index contributed by atoms with van der Waals surface area (Å²) in [5, 5.41) is 0. The van der Waals surface area contributed by atoms with E-state index in [2.05, 4.69) is 4.98 Å². The minimum atomic E-state index is -0.560. The second kappa shape index (κ2) is 6.43. The molecule has 1 heterocycles. The van der Waals surface area contributed by atoms with E-state index in [-0.39, 0.29) is 23.6 Å². The van der Waals surface area contributed by atoms with Crippen molar-refractivity contribution >= 4 is 28.6 Å². The van der Waals surface area contributed by atoms with Crippen LogP contribution in [-0.2, 0) is 15.4 Å². The molecule has 0 saturated heterocycles. The Morgan fingerprint density at radius 2 is 2.19 bits per heavy atom. The van der Waals surface area contributed by atoms with Gasteiger partial charge in [0, 0.05) is 0 Å². The summed E-state index contributed by atoms with van der Waals surface area (Å²) >= 11 is 5.94. The molecule has 0 aliphatic rings. The number of methoxy groups -OCH3 is 1. The van der Waals surface area contributed by atoms with E-state index in [9.17, 15) is 9.18 Å². The van der Waals surface area contributed by atoms with E-state index in [1.54, 1.807) is 10.6 Å². The van der Waals surface area contributed by atoms with Crippen LogP contribution < -0.4 is 0 Å². The van der Waals surface area contributed by atoms with Crippen molar-refractivity contribution in [3.63, 3.8) is 0 Å². The lowest BCUT2D eigenvalue weighted by Gasteiger charge is -2.21. The zero-order valence-corrected chi connectivity index (χ0v) is 13.0. The van der Waals surface area contributed by atoms with E-state index < -0.39 is 6.04 Å².